The summed E-state index contributed by atoms with van der Waals surface area (Å²) < 4.78 is 39.2. The molecule has 0 amide bonds. The molecule has 0 N–H and O–H groups in total. The smallest absolute Gasteiger partial charge is 0.290 e. The van der Waals surface area contributed by atoms with Crippen molar-refractivity contribution in [3.63, 3.8) is 0 Å². The molecule has 1 rings (SSSR count). The molecule has 19 heavy (non-hydrogen) atoms. The summed E-state index contributed by atoms with van der Waals surface area (Å²) in [6, 6.07) is 0.102. The Morgan fingerprint density at radius 2 is 1.74 bits per heavy atom. The predicted octanol–water partition coefficient (Wildman–Crippen LogP) is 5.31. The average Bonchev–Trinajstić information content (AvgIpc) is 2.28. The van der Waals surface area contributed by atoms with Crippen LogP contribution in [0.4, 0.5) is 13.2 Å². The molecule has 1 atom stereocenters. The first-order valence-electron chi connectivity index (χ1n) is 7.05. The van der Waals surface area contributed by atoms with Crippen molar-refractivity contribution in [2.45, 2.75) is 71.5 Å². The number of hydrogen-bond acceptors (Lipinski definition) is 1. The van der Waals surface area contributed by atoms with Gasteiger partial charge >= 0.3 is 6.18 Å². The van der Waals surface area contributed by atoms with Crippen molar-refractivity contribution in [2.75, 3.05) is 0 Å². The van der Waals surface area contributed by atoms with Gasteiger partial charge in [0, 0.05) is 11.8 Å². The van der Waals surface area contributed by atoms with Crippen LogP contribution in [0.2, 0.25) is 0 Å². The monoisotopic (exact) mass is 275 g/mol. The standard InChI is InChI=1S/C15H24F3N/c1-11(2)9-10-14(15(16,17)18)12(3)19-13-7-5-4-6-8-13/h9,13-14H,4-8,10H2,1-3H3. The van der Waals surface area contributed by atoms with Crippen molar-refractivity contribution >= 4 is 5.71 Å². The van der Waals surface area contributed by atoms with Crippen molar-refractivity contribution < 1.29 is 13.2 Å². The topological polar surface area (TPSA) is 12.4 Å². The van der Waals surface area contributed by atoms with Crippen LogP contribution in [0.5, 0.6) is 0 Å². The highest BCUT2D eigenvalue weighted by molar-refractivity contribution is 5.85. The Balaban J connectivity index is 2.77. The van der Waals surface area contributed by atoms with E-state index in [-0.39, 0.29) is 18.2 Å². The Bertz CT molecular complexity index is 332. The molecule has 0 aromatic carbocycles. The highest BCUT2D eigenvalue weighted by Gasteiger charge is 2.40. The lowest BCUT2D eigenvalue weighted by molar-refractivity contribution is -0.154. The molecule has 1 unspecified atom stereocenters. The molecule has 0 radical (unpaired) electrons. The fourth-order valence-corrected chi connectivity index (χ4v) is 2.48. The molecule has 1 aliphatic carbocycles. The van der Waals surface area contributed by atoms with E-state index in [1.54, 1.807) is 6.08 Å². The Kier molecular flexibility index (Phi) is 6.08. The fourth-order valence-electron chi connectivity index (χ4n) is 2.48. The van der Waals surface area contributed by atoms with E-state index < -0.39 is 12.1 Å². The normalized spacial score (nSPS) is 20.2. The third-order valence-electron chi connectivity index (χ3n) is 3.62. The van der Waals surface area contributed by atoms with Crippen LogP contribution >= 0.6 is 0 Å². The molecule has 0 heterocycles. The van der Waals surface area contributed by atoms with E-state index in [1.165, 1.54) is 13.3 Å². The first-order chi connectivity index (χ1) is 8.80. The summed E-state index contributed by atoms with van der Waals surface area (Å²) >= 11 is 0. The van der Waals surface area contributed by atoms with Crippen LogP contribution < -0.4 is 0 Å². The van der Waals surface area contributed by atoms with Crippen molar-refractivity contribution in [3.05, 3.63) is 11.6 Å². The van der Waals surface area contributed by atoms with Crippen molar-refractivity contribution in [2.24, 2.45) is 10.9 Å². The molecular weight excluding hydrogens is 251 g/mol. The molecule has 1 aliphatic rings. The molecule has 0 bridgehead atoms. The predicted molar refractivity (Wildman–Crippen MR) is 73.6 cm³/mol. The lowest BCUT2D eigenvalue weighted by Gasteiger charge is -2.23. The van der Waals surface area contributed by atoms with Gasteiger partial charge in [0.15, 0.2) is 0 Å². The van der Waals surface area contributed by atoms with Crippen LogP contribution in [0.1, 0.15) is 59.3 Å². The van der Waals surface area contributed by atoms with E-state index in [0.717, 1.165) is 31.3 Å². The third-order valence-corrected chi connectivity index (χ3v) is 3.62. The van der Waals surface area contributed by atoms with Crippen LogP contribution in [0, 0.1) is 5.92 Å². The molecule has 4 heteroatoms. The van der Waals surface area contributed by atoms with Gasteiger partial charge in [-0.1, -0.05) is 30.9 Å². The Morgan fingerprint density at radius 1 is 1.16 bits per heavy atom. The summed E-state index contributed by atoms with van der Waals surface area (Å²) in [4.78, 5) is 4.35. The molecule has 0 saturated heterocycles. The van der Waals surface area contributed by atoms with E-state index in [2.05, 4.69) is 4.99 Å². The Morgan fingerprint density at radius 3 is 2.21 bits per heavy atom. The zero-order valence-electron chi connectivity index (χ0n) is 12.1. The second-order valence-corrected chi connectivity index (χ2v) is 5.67. The first kappa shape index (κ1) is 16.3. The van der Waals surface area contributed by atoms with E-state index in [9.17, 15) is 13.2 Å². The van der Waals surface area contributed by atoms with Crippen molar-refractivity contribution in [3.8, 4) is 0 Å². The molecular formula is C15H24F3N. The van der Waals surface area contributed by atoms with Crippen molar-refractivity contribution in [1.29, 1.82) is 0 Å². The Labute approximate surface area is 114 Å². The molecule has 0 aliphatic heterocycles. The lowest BCUT2D eigenvalue weighted by atomic mass is 9.94. The van der Waals surface area contributed by atoms with Gasteiger partial charge in [0.1, 0.15) is 0 Å². The number of aliphatic imine (C=N–C) groups is 1. The number of allylic oxidation sites excluding steroid dienone is 2. The SMILES string of the molecule is CC(C)=CCC(C(C)=NC1CCCCC1)C(F)(F)F. The molecule has 0 aromatic heterocycles. The van der Waals surface area contributed by atoms with Gasteiger partial charge in [0.25, 0.3) is 0 Å². The highest BCUT2D eigenvalue weighted by Crippen LogP contribution is 2.32. The maximum Gasteiger partial charge on any atom is 0.397 e. The van der Waals surface area contributed by atoms with Gasteiger partial charge in [-0.25, -0.2) is 0 Å². The molecule has 110 valence electrons. The van der Waals surface area contributed by atoms with Crippen LogP contribution in [0.25, 0.3) is 0 Å². The maximum absolute atomic E-state index is 13.1. The largest absolute Gasteiger partial charge is 0.397 e. The maximum atomic E-state index is 13.1. The summed E-state index contributed by atoms with van der Waals surface area (Å²) in [5.41, 5.74) is 1.16. The first-order valence-corrected chi connectivity index (χ1v) is 7.05. The number of rotatable bonds is 4. The number of hydrogen-bond donors (Lipinski definition) is 0. The van der Waals surface area contributed by atoms with E-state index in [1.807, 2.05) is 13.8 Å². The van der Waals surface area contributed by atoms with Gasteiger partial charge in [-0.2, -0.15) is 13.2 Å². The molecule has 1 saturated carbocycles. The fraction of sp³-hybridized carbons (Fsp3) is 0.800. The average molecular weight is 275 g/mol. The number of halogens is 3. The van der Waals surface area contributed by atoms with Gasteiger partial charge in [-0.15, -0.1) is 0 Å². The Hall–Kier alpha value is -0.800. The minimum atomic E-state index is -4.20. The van der Waals surface area contributed by atoms with E-state index >= 15 is 0 Å². The molecule has 1 nitrogen and oxygen atoms in total. The van der Waals surface area contributed by atoms with Crippen LogP contribution in [0.15, 0.2) is 16.6 Å². The molecule has 1 fully saturated rings. The van der Waals surface area contributed by atoms with Gasteiger partial charge < -0.3 is 0 Å². The van der Waals surface area contributed by atoms with E-state index in [0.29, 0.717) is 0 Å². The summed E-state index contributed by atoms with van der Waals surface area (Å²) in [7, 11) is 0. The second-order valence-electron chi connectivity index (χ2n) is 5.67. The highest BCUT2D eigenvalue weighted by atomic mass is 19.4. The second kappa shape index (κ2) is 7.11. The van der Waals surface area contributed by atoms with Crippen LogP contribution in [-0.2, 0) is 0 Å². The van der Waals surface area contributed by atoms with Gasteiger partial charge in [-0.3, -0.25) is 4.99 Å². The number of nitrogens with zero attached hydrogens (tertiary/aromatic N) is 1. The van der Waals surface area contributed by atoms with Crippen LogP contribution in [-0.4, -0.2) is 17.9 Å². The summed E-state index contributed by atoms with van der Waals surface area (Å²) in [5, 5.41) is 0. The van der Waals surface area contributed by atoms with Gasteiger partial charge in [0.2, 0.25) is 0 Å². The zero-order valence-corrected chi connectivity index (χ0v) is 12.1. The number of alkyl halides is 3. The van der Waals surface area contributed by atoms with Gasteiger partial charge in [0.05, 0.1) is 5.92 Å². The molecule has 0 spiro atoms. The summed E-state index contributed by atoms with van der Waals surface area (Å²) in [5.74, 6) is -1.43. The zero-order chi connectivity index (χ0) is 14.5. The quantitative estimate of drug-likeness (QED) is 0.486. The van der Waals surface area contributed by atoms with Crippen LogP contribution in [0.3, 0.4) is 0 Å². The van der Waals surface area contributed by atoms with Gasteiger partial charge in [-0.05, 0) is 40.0 Å². The summed E-state index contributed by atoms with van der Waals surface area (Å²) in [6.45, 7) is 5.17. The minimum Gasteiger partial charge on any atom is -0.290 e. The minimum absolute atomic E-state index is 0.00782. The van der Waals surface area contributed by atoms with E-state index in [4.69, 9.17) is 0 Å². The lowest BCUT2D eigenvalue weighted by Crippen LogP contribution is -2.30. The van der Waals surface area contributed by atoms with Crippen molar-refractivity contribution in [1.82, 2.24) is 0 Å². The molecule has 0 aromatic rings. The summed E-state index contributed by atoms with van der Waals surface area (Å²) in [6.07, 6.45) is 2.69. The third kappa shape index (κ3) is 5.79.